The van der Waals surface area contributed by atoms with Crippen LogP contribution in [0, 0.1) is 0 Å². The smallest absolute Gasteiger partial charge is 0.162 e. The standard InChI is InChI=1S/C13H18N4O2/c1-19-10-4-2-9(3-5-10)17-12(7-18)16-11-6-14-8-15-13(11)17/h6-10,12,16H,2-5H2,1H3. The van der Waals surface area contributed by atoms with E-state index in [1.165, 1.54) is 6.33 Å². The molecule has 1 saturated carbocycles. The highest BCUT2D eigenvalue weighted by Crippen LogP contribution is 2.36. The van der Waals surface area contributed by atoms with Gasteiger partial charge in [-0.2, -0.15) is 0 Å². The van der Waals surface area contributed by atoms with Gasteiger partial charge in [-0.3, -0.25) is 4.79 Å². The monoisotopic (exact) mass is 262 g/mol. The Morgan fingerprint density at radius 3 is 2.89 bits per heavy atom. The van der Waals surface area contributed by atoms with Crippen molar-refractivity contribution in [3.05, 3.63) is 12.5 Å². The number of carbonyl (C=O) groups is 1. The molecule has 1 aliphatic carbocycles. The van der Waals surface area contributed by atoms with Crippen LogP contribution in [0.2, 0.25) is 0 Å². The number of ether oxygens (including phenoxy) is 1. The third kappa shape index (κ3) is 2.16. The molecular formula is C13H18N4O2. The first-order chi connectivity index (χ1) is 9.33. The van der Waals surface area contributed by atoms with Crippen LogP contribution in [0.3, 0.4) is 0 Å². The Balaban J connectivity index is 1.81. The first kappa shape index (κ1) is 12.3. The van der Waals surface area contributed by atoms with Crippen LogP contribution in [-0.2, 0) is 9.53 Å². The fourth-order valence-corrected chi connectivity index (χ4v) is 3.05. The van der Waals surface area contributed by atoms with E-state index in [1.54, 1.807) is 13.3 Å². The van der Waals surface area contributed by atoms with Crippen molar-refractivity contribution in [3.8, 4) is 0 Å². The number of rotatable bonds is 3. The number of anilines is 2. The minimum atomic E-state index is -0.323. The molecule has 6 heteroatoms. The van der Waals surface area contributed by atoms with Gasteiger partial charge in [0.2, 0.25) is 0 Å². The molecule has 1 aromatic rings. The van der Waals surface area contributed by atoms with Gasteiger partial charge in [-0.15, -0.1) is 0 Å². The highest BCUT2D eigenvalue weighted by Gasteiger charge is 2.36. The molecule has 1 aromatic heterocycles. The van der Waals surface area contributed by atoms with Gasteiger partial charge in [0, 0.05) is 13.2 Å². The quantitative estimate of drug-likeness (QED) is 0.825. The van der Waals surface area contributed by atoms with Crippen molar-refractivity contribution in [2.75, 3.05) is 17.3 Å². The zero-order valence-corrected chi connectivity index (χ0v) is 11.0. The van der Waals surface area contributed by atoms with E-state index in [0.29, 0.717) is 12.1 Å². The van der Waals surface area contributed by atoms with Crippen molar-refractivity contribution < 1.29 is 9.53 Å². The second kappa shape index (κ2) is 5.13. The largest absolute Gasteiger partial charge is 0.381 e. The minimum absolute atomic E-state index is 0.323. The van der Waals surface area contributed by atoms with Crippen molar-refractivity contribution in [1.29, 1.82) is 0 Å². The lowest BCUT2D eigenvalue weighted by Gasteiger charge is -2.36. The van der Waals surface area contributed by atoms with E-state index in [1.807, 2.05) is 0 Å². The van der Waals surface area contributed by atoms with Gasteiger partial charge < -0.3 is 15.0 Å². The lowest BCUT2D eigenvalue weighted by molar-refractivity contribution is -0.108. The molecule has 1 fully saturated rings. The predicted octanol–water partition coefficient (Wildman–Crippen LogP) is 1.19. The number of hydrogen-bond donors (Lipinski definition) is 1. The molecule has 0 bridgehead atoms. The Morgan fingerprint density at radius 1 is 1.42 bits per heavy atom. The first-order valence-corrected chi connectivity index (χ1v) is 6.66. The Morgan fingerprint density at radius 2 is 2.21 bits per heavy atom. The van der Waals surface area contributed by atoms with Gasteiger partial charge in [-0.25, -0.2) is 9.97 Å². The number of methoxy groups -OCH3 is 1. The van der Waals surface area contributed by atoms with E-state index >= 15 is 0 Å². The lowest BCUT2D eigenvalue weighted by Crippen LogP contribution is -2.46. The summed E-state index contributed by atoms with van der Waals surface area (Å²) in [6.07, 6.45) is 8.32. The molecule has 102 valence electrons. The Labute approximate surface area is 112 Å². The maximum Gasteiger partial charge on any atom is 0.162 e. The molecule has 0 aromatic carbocycles. The van der Waals surface area contributed by atoms with Crippen LogP contribution < -0.4 is 10.2 Å². The summed E-state index contributed by atoms with van der Waals surface area (Å²) in [6.45, 7) is 0. The predicted molar refractivity (Wildman–Crippen MR) is 71.0 cm³/mol. The average molecular weight is 262 g/mol. The van der Waals surface area contributed by atoms with Gasteiger partial charge in [0.05, 0.1) is 18.0 Å². The van der Waals surface area contributed by atoms with Crippen LogP contribution in [-0.4, -0.2) is 41.7 Å². The number of fused-ring (bicyclic) bond motifs is 1. The second-order valence-corrected chi connectivity index (χ2v) is 5.06. The van der Waals surface area contributed by atoms with Crippen molar-refractivity contribution >= 4 is 17.8 Å². The molecule has 1 atom stereocenters. The summed E-state index contributed by atoms with van der Waals surface area (Å²) in [5.74, 6) is 0.841. The third-order valence-electron chi connectivity index (χ3n) is 4.04. The summed E-state index contributed by atoms with van der Waals surface area (Å²) in [6, 6.07) is 0.338. The van der Waals surface area contributed by atoms with Gasteiger partial charge in [0.1, 0.15) is 6.33 Å². The number of aromatic nitrogens is 2. The van der Waals surface area contributed by atoms with Gasteiger partial charge in [-0.1, -0.05) is 0 Å². The van der Waals surface area contributed by atoms with E-state index in [2.05, 4.69) is 20.2 Å². The maximum absolute atomic E-state index is 11.3. The highest BCUT2D eigenvalue weighted by molar-refractivity contribution is 5.81. The molecule has 2 aliphatic rings. The van der Waals surface area contributed by atoms with Crippen LogP contribution in [0.15, 0.2) is 12.5 Å². The minimum Gasteiger partial charge on any atom is -0.381 e. The Bertz CT molecular complexity index is 460. The maximum atomic E-state index is 11.3. The topological polar surface area (TPSA) is 67.3 Å². The normalized spacial score (nSPS) is 29.7. The van der Waals surface area contributed by atoms with Gasteiger partial charge in [0.25, 0.3) is 0 Å². The number of nitrogens with zero attached hydrogens (tertiary/aromatic N) is 3. The molecule has 1 unspecified atom stereocenters. The highest BCUT2D eigenvalue weighted by atomic mass is 16.5. The molecule has 0 radical (unpaired) electrons. The number of nitrogens with one attached hydrogen (secondary N) is 1. The van der Waals surface area contributed by atoms with Crippen molar-refractivity contribution in [2.24, 2.45) is 0 Å². The summed E-state index contributed by atoms with van der Waals surface area (Å²) < 4.78 is 5.40. The summed E-state index contributed by atoms with van der Waals surface area (Å²) in [5.41, 5.74) is 0.841. The third-order valence-corrected chi connectivity index (χ3v) is 4.04. The van der Waals surface area contributed by atoms with Gasteiger partial charge in [-0.05, 0) is 25.7 Å². The van der Waals surface area contributed by atoms with Crippen LogP contribution in [0.1, 0.15) is 25.7 Å². The van der Waals surface area contributed by atoms with E-state index in [4.69, 9.17) is 4.74 Å². The van der Waals surface area contributed by atoms with Crippen molar-refractivity contribution in [1.82, 2.24) is 9.97 Å². The number of aldehydes is 1. The molecule has 19 heavy (non-hydrogen) atoms. The van der Waals surface area contributed by atoms with Crippen molar-refractivity contribution in [2.45, 2.75) is 44.0 Å². The molecular weight excluding hydrogens is 244 g/mol. The Kier molecular flexibility index (Phi) is 3.33. The summed E-state index contributed by atoms with van der Waals surface area (Å²) >= 11 is 0. The van der Waals surface area contributed by atoms with Gasteiger partial charge in [0.15, 0.2) is 18.3 Å². The van der Waals surface area contributed by atoms with Gasteiger partial charge >= 0.3 is 0 Å². The number of carbonyl (C=O) groups excluding carboxylic acids is 1. The molecule has 1 N–H and O–H groups in total. The molecule has 2 heterocycles. The lowest BCUT2D eigenvalue weighted by atomic mass is 9.91. The van der Waals surface area contributed by atoms with Crippen LogP contribution in [0.5, 0.6) is 0 Å². The molecule has 6 nitrogen and oxygen atoms in total. The fraction of sp³-hybridized carbons (Fsp3) is 0.615. The van der Waals surface area contributed by atoms with Crippen LogP contribution in [0.4, 0.5) is 11.5 Å². The van der Waals surface area contributed by atoms with E-state index < -0.39 is 0 Å². The van der Waals surface area contributed by atoms with E-state index in [9.17, 15) is 4.79 Å². The number of hydrogen-bond acceptors (Lipinski definition) is 6. The summed E-state index contributed by atoms with van der Waals surface area (Å²) in [5, 5.41) is 3.16. The van der Waals surface area contributed by atoms with Crippen molar-refractivity contribution in [3.63, 3.8) is 0 Å². The molecule has 1 aliphatic heterocycles. The zero-order chi connectivity index (χ0) is 13.2. The first-order valence-electron chi connectivity index (χ1n) is 6.66. The Hall–Kier alpha value is -1.69. The molecule has 0 amide bonds. The fourth-order valence-electron chi connectivity index (χ4n) is 3.05. The molecule has 3 rings (SSSR count). The van der Waals surface area contributed by atoms with E-state index in [0.717, 1.165) is 43.5 Å². The molecule has 0 saturated heterocycles. The molecule has 0 spiro atoms. The summed E-state index contributed by atoms with van der Waals surface area (Å²) in [7, 11) is 1.76. The average Bonchev–Trinajstić information content (AvgIpc) is 2.86. The SMILES string of the molecule is COC1CCC(N2c3ncncc3NC2C=O)CC1. The van der Waals surface area contributed by atoms with E-state index in [-0.39, 0.29) is 6.17 Å². The second-order valence-electron chi connectivity index (χ2n) is 5.06. The van der Waals surface area contributed by atoms with Crippen LogP contribution >= 0.6 is 0 Å². The van der Waals surface area contributed by atoms with Crippen LogP contribution in [0.25, 0.3) is 0 Å². The summed E-state index contributed by atoms with van der Waals surface area (Å²) in [4.78, 5) is 21.7. The zero-order valence-electron chi connectivity index (χ0n) is 11.0.